The van der Waals surface area contributed by atoms with Crippen molar-refractivity contribution in [1.29, 1.82) is 0 Å². The third-order valence-corrected chi connectivity index (χ3v) is 7.62. The number of hydrogen-bond acceptors (Lipinski definition) is 6. The molecule has 0 radical (unpaired) electrons. The molecule has 1 aliphatic heterocycles. The van der Waals surface area contributed by atoms with Gasteiger partial charge in [-0.25, -0.2) is 0 Å². The molecule has 1 fully saturated rings. The van der Waals surface area contributed by atoms with Gasteiger partial charge in [0, 0.05) is 17.0 Å². The molecule has 4 heterocycles. The van der Waals surface area contributed by atoms with Gasteiger partial charge in [-0.05, 0) is 42.7 Å². The fraction of sp³-hybridized carbons (Fsp3) is 0.357. The van der Waals surface area contributed by atoms with Crippen molar-refractivity contribution < 1.29 is 18.6 Å². The zero-order chi connectivity index (χ0) is 25.1. The topological polar surface area (TPSA) is 111 Å². The van der Waals surface area contributed by atoms with Gasteiger partial charge in [0.25, 0.3) is 5.56 Å². The molecular formula is C28H27N3O6. The smallest absolute Gasteiger partial charge is 0.274 e. The Labute approximate surface area is 210 Å². The van der Waals surface area contributed by atoms with E-state index in [1.807, 2.05) is 16.8 Å². The van der Waals surface area contributed by atoms with E-state index in [1.165, 1.54) is 25.0 Å². The highest BCUT2D eigenvalue weighted by Crippen LogP contribution is 2.46. The average Bonchev–Trinajstić information content (AvgIpc) is 3.29. The van der Waals surface area contributed by atoms with Crippen molar-refractivity contribution in [2.75, 3.05) is 20.3 Å². The zero-order valence-electron chi connectivity index (χ0n) is 20.5. The van der Waals surface area contributed by atoms with Gasteiger partial charge in [-0.2, -0.15) is 0 Å². The Bertz CT molecular complexity index is 1760. The van der Waals surface area contributed by atoms with Crippen molar-refractivity contribution in [1.82, 2.24) is 14.8 Å². The maximum absolute atomic E-state index is 13.6. The Balaban J connectivity index is 1.59. The van der Waals surface area contributed by atoms with Crippen molar-refractivity contribution in [3.8, 4) is 28.4 Å². The normalized spacial score (nSPS) is 16.5. The lowest BCUT2D eigenvalue weighted by Crippen LogP contribution is -2.16. The minimum atomic E-state index is -0.203. The number of rotatable bonds is 3. The van der Waals surface area contributed by atoms with Gasteiger partial charge in [0.1, 0.15) is 24.4 Å². The van der Waals surface area contributed by atoms with Crippen LogP contribution in [0.25, 0.3) is 44.2 Å². The first-order valence-corrected chi connectivity index (χ1v) is 12.8. The summed E-state index contributed by atoms with van der Waals surface area (Å²) in [5.41, 5.74) is 3.39. The molecule has 0 unspecified atom stereocenters. The van der Waals surface area contributed by atoms with E-state index in [-0.39, 0.29) is 17.0 Å². The number of H-pyrrole nitrogens is 2. The van der Waals surface area contributed by atoms with Crippen molar-refractivity contribution in [3.63, 3.8) is 0 Å². The van der Waals surface area contributed by atoms with Crippen molar-refractivity contribution in [2.24, 2.45) is 0 Å². The molecule has 0 saturated heterocycles. The van der Waals surface area contributed by atoms with E-state index < -0.39 is 0 Å². The average molecular weight is 502 g/mol. The summed E-state index contributed by atoms with van der Waals surface area (Å²) >= 11 is 0. The molecule has 9 heteroatoms. The highest BCUT2D eigenvalue weighted by molar-refractivity contribution is 6.14. The molecule has 2 aromatic carbocycles. The van der Waals surface area contributed by atoms with Gasteiger partial charge in [-0.15, -0.1) is 0 Å². The summed E-state index contributed by atoms with van der Waals surface area (Å²) < 4.78 is 25.6. The van der Waals surface area contributed by atoms with Crippen LogP contribution >= 0.6 is 0 Å². The van der Waals surface area contributed by atoms with E-state index in [1.54, 1.807) is 13.2 Å². The van der Waals surface area contributed by atoms with E-state index >= 15 is 0 Å². The van der Waals surface area contributed by atoms with E-state index in [9.17, 15) is 9.59 Å². The molecule has 0 atom stereocenters. The molecule has 1 saturated carbocycles. The number of nitrogens with one attached hydrogen (secondary N) is 2. The second-order valence-electron chi connectivity index (χ2n) is 9.85. The summed E-state index contributed by atoms with van der Waals surface area (Å²) in [5, 5.41) is 4.40. The first-order chi connectivity index (χ1) is 18.1. The van der Waals surface area contributed by atoms with Gasteiger partial charge in [0.15, 0.2) is 22.5 Å². The van der Waals surface area contributed by atoms with Gasteiger partial charge < -0.3 is 23.6 Å². The van der Waals surface area contributed by atoms with Crippen LogP contribution in [0.3, 0.4) is 0 Å². The number of aromatic amines is 2. The minimum Gasteiger partial charge on any atom is -0.493 e. The second kappa shape index (κ2) is 8.47. The van der Waals surface area contributed by atoms with Gasteiger partial charge in [-0.1, -0.05) is 25.7 Å². The molecule has 3 aromatic heterocycles. The number of aromatic nitrogens is 3. The fourth-order valence-corrected chi connectivity index (χ4v) is 5.90. The molecule has 2 aliphatic rings. The lowest BCUT2D eigenvalue weighted by Gasteiger charge is -2.21. The number of ether oxygens (including phenoxy) is 3. The summed E-state index contributed by atoms with van der Waals surface area (Å²) in [6.45, 7) is 0.852. The van der Waals surface area contributed by atoms with Gasteiger partial charge >= 0.3 is 0 Å². The van der Waals surface area contributed by atoms with Crippen LogP contribution in [0.4, 0.5) is 0 Å². The summed E-state index contributed by atoms with van der Waals surface area (Å²) in [4.78, 5) is 29.2. The summed E-state index contributed by atoms with van der Waals surface area (Å²) in [5.74, 6) is 1.60. The van der Waals surface area contributed by atoms with Gasteiger partial charge in [0.05, 0.1) is 24.1 Å². The number of benzene rings is 2. The Morgan fingerprint density at radius 2 is 1.81 bits per heavy atom. The van der Waals surface area contributed by atoms with Crippen LogP contribution < -0.4 is 25.2 Å². The predicted molar refractivity (Wildman–Crippen MR) is 140 cm³/mol. The molecule has 37 heavy (non-hydrogen) atoms. The molecule has 1 aliphatic carbocycles. The van der Waals surface area contributed by atoms with Crippen LogP contribution in [-0.4, -0.2) is 35.1 Å². The van der Waals surface area contributed by atoms with Crippen molar-refractivity contribution >= 4 is 33.1 Å². The number of fused-ring (bicyclic) bond motifs is 5. The van der Waals surface area contributed by atoms with E-state index in [0.717, 1.165) is 36.6 Å². The Morgan fingerprint density at radius 1 is 1.00 bits per heavy atom. The van der Waals surface area contributed by atoms with E-state index in [4.69, 9.17) is 18.6 Å². The Kier molecular flexibility index (Phi) is 5.05. The maximum atomic E-state index is 13.6. The number of pyridine rings is 1. The summed E-state index contributed by atoms with van der Waals surface area (Å²) in [7, 11) is 1.58. The first kappa shape index (κ1) is 22.1. The Morgan fingerprint density at radius 3 is 2.62 bits per heavy atom. The zero-order valence-corrected chi connectivity index (χ0v) is 20.5. The largest absolute Gasteiger partial charge is 0.493 e. The van der Waals surface area contributed by atoms with Crippen LogP contribution in [0.5, 0.6) is 17.2 Å². The van der Waals surface area contributed by atoms with Crippen LogP contribution in [0, 0.1) is 0 Å². The molecule has 9 nitrogen and oxygen atoms in total. The van der Waals surface area contributed by atoms with Crippen LogP contribution in [0.1, 0.15) is 44.6 Å². The van der Waals surface area contributed by atoms with Crippen molar-refractivity contribution in [2.45, 2.75) is 44.6 Å². The minimum absolute atomic E-state index is 0.139. The lowest BCUT2D eigenvalue weighted by molar-refractivity contribution is 0.165. The molecular weight excluding hydrogens is 474 g/mol. The summed E-state index contributed by atoms with van der Waals surface area (Å²) in [6, 6.07) is 8.66. The number of hydrogen-bond donors (Lipinski definition) is 2. The molecule has 7 rings (SSSR count). The first-order valence-electron chi connectivity index (χ1n) is 12.8. The molecule has 0 amide bonds. The van der Waals surface area contributed by atoms with E-state index in [0.29, 0.717) is 63.8 Å². The monoisotopic (exact) mass is 501 g/mol. The third-order valence-electron chi connectivity index (χ3n) is 7.62. The molecule has 5 aromatic rings. The van der Waals surface area contributed by atoms with Crippen molar-refractivity contribution in [3.05, 3.63) is 50.9 Å². The van der Waals surface area contributed by atoms with Crippen LogP contribution in [0.15, 0.2) is 44.3 Å². The van der Waals surface area contributed by atoms with Crippen LogP contribution in [0.2, 0.25) is 0 Å². The molecule has 190 valence electrons. The van der Waals surface area contributed by atoms with E-state index in [2.05, 4.69) is 10.1 Å². The summed E-state index contributed by atoms with van der Waals surface area (Å²) in [6.07, 6.45) is 6.68. The fourth-order valence-electron chi connectivity index (χ4n) is 5.90. The highest BCUT2D eigenvalue weighted by atomic mass is 16.6. The van der Waals surface area contributed by atoms with Gasteiger partial charge in [-0.3, -0.25) is 19.4 Å². The lowest BCUT2D eigenvalue weighted by atomic mass is 10.0. The van der Waals surface area contributed by atoms with Crippen LogP contribution in [-0.2, 0) is 0 Å². The Hall–Kier alpha value is -4.14. The highest BCUT2D eigenvalue weighted by Gasteiger charge is 2.27. The quantitative estimate of drug-likeness (QED) is 0.326. The SMILES string of the molecule is COc1cc(-c2c3oc4cc(=O)ccc4c3[nH]c3c2c(=O)[nH]n3C2CCCCCC2)cc2c1OCCO2. The third kappa shape index (κ3) is 3.44. The van der Waals surface area contributed by atoms with Gasteiger partial charge in [0.2, 0.25) is 5.75 Å². The molecule has 2 N–H and O–H groups in total. The number of methoxy groups -OCH3 is 1. The molecule has 0 spiro atoms. The predicted octanol–water partition coefficient (Wildman–Crippen LogP) is 5.26. The maximum Gasteiger partial charge on any atom is 0.274 e. The molecule has 0 bridgehead atoms. The second-order valence-corrected chi connectivity index (χ2v) is 9.85. The number of nitrogens with zero attached hydrogens (tertiary/aromatic N) is 1. The standard InChI is InChI=1S/C28H27N3O6/c1-34-20-12-15(13-21-25(20)36-11-10-35-21)22-23-27(31(30-28(23)33)16-6-4-2-3-5-7-16)29-24-18-9-8-17(32)14-19(18)37-26(22)24/h8-9,12-14,16,29H,2-7,10-11H2,1H3,(H,30,33). The number of furan rings is 1.